The number of allylic oxidation sites excluding steroid dienone is 2. The lowest BCUT2D eigenvalue weighted by Crippen LogP contribution is -2.08. The van der Waals surface area contributed by atoms with E-state index in [4.69, 9.17) is 5.26 Å². The van der Waals surface area contributed by atoms with Gasteiger partial charge in [-0.15, -0.1) is 0 Å². The summed E-state index contributed by atoms with van der Waals surface area (Å²) in [4.78, 5) is 0. The largest absolute Gasteiger partial charge is 0.193 e. The molecule has 0 bridgehead atoms. The fourth-order valence-electron chi connectivity index (χ4n) is 1.85. The number of nitriles is 1. The Hall–Kier alpha value is -0.770. The molecule has 1 aliphatic carbocycles. The van der Waals surface area contributed by atoms with E-state index >= 15 is 0 Å². The van der Waals surface area contributed by atoms with E-state index in [-0.39, 0.29) is 0 Å². The summed E-state index contributed by atoms with van der Waals surface area (Å²) in [6.45, 7) is 2.21. The van der Waals surface area contributed by atoms with Crippen LogP contribution in [-0.4, -0.2) is 0 Å². The molecule has 60 valence electrons. The summed E-state index contributed by atoms with van der Waals surface area (Å²) in [5, 5.41) is 8.51. The Morgan fingerprint density at radius 2 is 2.45 bits per heavy atom. The standard InChI is InChI=1S/C10H15N/c1-2-9-5-3-4-6-10(9)7-8-11/h7,9H,2-6H2,1H3/b10-7+/t9-/m0/s1. The van der Waals surface area contributed by atoms with E-state index < -0.39 is 0 Å². The molecule has 0 aromatic rings. The number of hydrogen-bond acceptors (Lipinski definition) is 1. The van der Waals surface area contributed by atoms with Gasteiger partial charge in [0.2, 0.25) is 0 Å². The van der Waals surface area contributed by atoms with E-state index in [1.807, 2.05) is 0 Å². The third-order valence-electron chi connectivity index (χ3n) is 2.54. The van der Waals surface area contributed by atoms with Crippen LogP contribution in [0.25, 0.3) is 0 Å². The molecule has 1 atom stereocenters. The van der Waals surface area contributed by atoms with Gasteiger partial charge in [0.1, 0.15) is 0 Å². The summed E-state index contributed by atoms with van der Waals surface area (Å²) in [6, 6.07) is 2.14. The van der Waals surface area contributed by atoms with Crippen LogP contribution in [0.15, 0.2) is 11.6 Å². The van der Waals surface area contributed by atoms with Crippen LogP contribution in [0, 0.1) is 17.2 Å². The van der Waals surface area contributed by atoms with Crippen molar-refractivity contribution in [2.45, 2.75) is 39.0 Å². The first-order valence-electron chi connectivity index (χ1n) is 4.47. The molecule has 1 nitrogen and oxygen atoms in total. The van der Waals surface area contributed by atoms with Gasteiger partial charge >= 0.3 is 0 Å². The molecule has 0 N–H and O–H groups in total. The second-order valence-electron chi connectivity index (χ2n) is 3.20. The minimum atomic E-state index is 0.711. The molecule has 0 amide bonds. The quantitative estimate of drug-likeness (QED) is 0.526. The van der Waals surface area contributed by atoms with Gasteiger partial charge in [-0.25, -0.2) is 0 Å². The molecule has 1 rings (SSSR count). The zero-order valence-corrected chi connectivity index (χ0v) is 7.14. The Morgan fingerprint density at radius 3 is 3.09 bits per heavy atom. The van der Waals surface area contributed by atoms with Gasteiger partial charge in [-0.3, -0.25) is 0 Å². The molecule has 0 spiro atoms. The van der Waals surface area contributed by atoms with Gasteiger partial charge in [0.15, 0.2) is 0 Å². The van der Waals surface area contributed by atoms with Crippen molar-refractivity contribution in [3.05, 3.63) is 11.6 Å². The Balaban J connectivity index is 2.60. The SMILES string of the molecule is CC[C@H]1CCCC/C1=C\C#N. The number of nitrogens with zero attached hydrogens (tertiary/aromatic N) is 1. The lowest BCUT2D eigenvalue weighted by atomic mass is 9.82. The van der Waals surface area contributed by atoms with Crippen molar-refractivity contribution in [1.29, 1.82) is 5.26 Å². The zero-order chi connectivity index (χ0) is 8.10. The van der Waals surface area contributed by atoms with Gasteiger partial charge < -0.3 is 0 Å². The van der Waals surface area contributed by atoms with Gasteiger partial charge in [-0.05, 0) is 31.6 Å². The average molecular weight is 149 g/mol. The van der Waals surface area contributed by atoms with Crippen LogP contribution in [0.5, 0.6) is 0 Å². The fraction of sp³-hybridized carbons (Fsp3) is 0.700. The molecule has 1 fully saturated rings. The van der Waals surface area contributed by atoms with Gasteiger partial charge in [0.25, 0.3) is 0 Å². The Morgan fingerprint density at radius 1 is 1.64 bits per heavy atom. The summed E-state index contributed by atoms with van der Waals surface area (Å²) in [7, 11) is 0. The maximum Gasteiger partial charge on any atom is 0.0911 e. The lowest BCUT2D eigenvalue weighted by Gasteiger charge is -2.23. The molecule has 0 heterocycles. The highest BCUT2D eigenvalue weighted by Gasteiger charge is 2.16. The minimum Gasteiger partial charge on any atom is -0.193 e. The second-order valence-corrected chi connectivity index (χ2v) is 3.20. The third-order valence-corrected chi connectivity index (χ3v) is 2.54. The predicted molar refractivity (Wildman–Crippen MR) is 45.9 cm³/mol. The molecular weight excluding hydrogens is 134 g/mol. The van der Waals surface area contributed by atoms with Crippen LogP contribution in [0.1, 0.15) is 39.0 Å². The molecule has 11 heavy (non-hydrogen) atoms. The van der Waals surface area contributed by atoms with E-state index in [9.17, 15) is 0 Å². The van der Waals surface area contributed by atoms with Gasteiger partial charge in [-0.1, -0.05) is 18.9 Å². The van der Waals surface area contributed by atoms with Crippen molar-refractivity contribution in [2.75, 3.05) is 0 Å². The van der Waals surface area contributed by atoms with Crippen molar-refractivity contribution < 1.29 is 0 Å². The van der Waals surface area contributed by atoms with E-state index in [0.29, 0.717) is 5.92 Å². The van der Waals surface area contributed by atoms with Gasteiger partial charge in [-0.2, -0.15) is 5.26 Å². The summed E-state index contributed by atoms with van der Waals surface area (Å²) >= 11 is 0. The van der Waals surface area contributed by atoms with Crippen molar-refractivity contribution in [2.24, 2.45) is 5.92 Å². The molecule has 0 radical (unpaired) electrons. The van der Waals surface area contributed by atoms with E-state index in [2.05, 4.69) is 13.0 Å². The monoisotopic (exact) mass is 149 g/mol. The Bertz CT molecular complexity index is 186. The third kappa shape index (κ3) is 2.08. The normalized spacial score (nSPS) is 28.4. The molecule has 1 aliphatic rings. The van der Waals surface area contributed by atoms with Crippen LogP contribution in [0.4, 0.5) is 0 Å². The highest BCUT2D eigenvalue weighted by atomic mass is 14.2. The molecule has 0 aromatic heterocycles. The first-order valence-corrected chi connectivity index (χ1v) is 4.47. The van der Waals surface area contributed by atoms with Crippen LogP contribution in [0.2, 0.25) is 0 Å². The van der Waals surface area contributed by atoms with Crippen molar-refractivity contribution in [3.8, 4) is 6.07 Å². The molecule has 0 aliphatic heterocycles. The van der Waals surface area contributed by atoms with E-state index in [1.54, 1.807) is 6.08 Å². The topological polar surface area (TPSA) is 23.8 Å². The van der Waals surface area contributed by atoms with E-state index in [0.717, 1.165) is 6.42 Å². The van der Waals surface area contributed by atoms with Crippen LogP contribution >= 0.6 is 0 Å². The molecule has 0 unspecified atom stereocenters. The van der Waals surface area contributed by atoms with Crippen LogP contribution in [0.3, 0.4) is 0 Å². The first kappa shape index (κ1) is 8.33. The van der Waals surface area contributed by atoms with Gasteiger partial charge in [0, 0.05) is 6.08 Å². The molecule has 0 saturated heterocycles. The lowest BCUT2D eigenvalue weighted by molar-refractivity contribution is 0.443. The van der Waals surface area contributed by atoms with Crippen LogP contribution in [-0.2, 0) is 0 Å². The smallest absolute Gasteiger partial charge is 0.0911 e. The Labute approximate surface area is 68.7 Å². The number of rotatable bonds is 1. The summed E-state index contributed by atoms with van der Waals surface area (Å²) in [5.74, 6) is 0.711. The second kappa shape index (κ2) is 4.18. The summed E-state index contributed by atoms with van der Waals surface area (Å²) < 4.78 is 0. The summed E-state index contributed by atoms with van der Waals surface area (Å²) in [5.41, 5.74) is 1.39. The van der Waals surface area contributed by atoms with E-state index in [1.165, 1.54) is 31.3 Å². The molecule has 1 saturated carbocycles. The molecule has 1 heteroatoms. The van der Waals surface area contributed by atoms with Crippen molar-refractivity contribution in [3.63, 3.8) is 0 Å². The Kier molecular flexibility index (Phi) is 3.16. The summed E-state index contributed by atoms with van der Waals surface area (Å²) in [6.07, 6.45) is 8.04. The maximum atomic E-state index is 8.51. The van der Waals surface area contributed by atoms with Crippen LogP contribution < -0.4 is 0 Å². The highest BCUT2D eigenvalue weighted by molar-refractivity contribution is 5.17. The maximum absolute atomic E-state index is 8.51. The molecular formula is C10H15N. The predicted octanol–water partition coefficient (Wildman–Crippen LogP) is 3.04. The minimum absolute atomic E-state index is 0.711. The van der Waals surface area contributed by atoms with Crippen molar-refractivity contribution >= 4 is 0 Å². The first-order chi connectivity index (χ1) is 5.38. The highest BCUT2D eigenvalue weighted by Crippen LogP contribution is 2.30. The van der Waals surface area contributed by atoms with Crippen molar-refractivity contribution in [1.82, 2.24) is 0 Å². The van der Waals surface area contributed by atoms with Gasteiger partial charge in [0.05, 0.1) is 6.07 Å². The zero-order valence-electron chi connectivity index (χ0n) is 7.14. The fourth-order valence-corrected chi connectivity index (χ4v) is 1.85. The number of hydrogen-bond donors (Lipinski definition) is 0. The average Bonchev–Trinajstić information content (AvgIpc) is 2.06. The molecule has 0 aromatic carbocycles.